The molecule has 1 aliphatic rings. The summed E-state index contributed by atoms with van der Waals surface area (Å²) in [6.07, 6.45) is 0. The summed E-state index contributed by atoms with van der Waals surface area (Å²) in [6.45, 7) is 6.60. The van der Waals surface area contributed by atoms with Crippen molar-refractivity contribution < 1.29 is 4.79 Å². The summed E-state index contributed by atoms with van der Waals surface area (Å²) in [5, 5.41) is 8.23. The van der Waals surface area contributed by atoms with E-state index in [2.05, 4.69) is 31.9 Å². The van der Waals surface area contributed by atoms with Crippen LogP contribution in [0.25, 0.3) is 0 Å². The predicted molar refractivity (Wildman–Crippen MR) is 106 cm³/mol. The highest BCUT2D eigenvalue weighted by molar-refractivity contribution is 7.07. The molecule has 7 heteroatoms. The van der Waals surface area contributed by atoms with Crippen LogP contribution in [0.4, 0.5) is 5.69 Å². The van der Waals surface area contributed by atoms with Gasteiger partial charge in [0.15, 0.2) is 0 Å². The van der Waals surface area contributed by atoms with Crippen molar-refractivity contribution in [2.24, 2.45) is 0 Å². The molecule has 0 saturated carbocycles. The van der Waals surface area contributed by atoms with Gasteiger partial charge in [0, 0.05) is 37.7 Å². The molecule has 1 N–H and O–H groups in total. The molecule has 25 heavy (non-hydrogen) atoms. The van der Waals surface area contributed by atoms with E-state index in [1.807, 2.05) is 6.92 Å². The lowest BCUT2D eigenvalue weighted by Crippen LogP contribution is -2.52. The molecule has 0 radical (unpaired) electrons. The van der Waals surface area contributed by atoms with Crippen molar-refractivity contribution >= 4 is 46.1 Å². The van der Waals surface area contributed by atoms with Gasteiger partial charge in [-0.25, -0.2) is 0 Å². The van der Waals surface area contributed by atoms with Gasteiger partial charge in [-0.2, -0.15) is 11.3 Å². The predicted octanol–water partition coefficient (Wildman–Crippen LogP) is 4.20. The number of nitrogens with zero attached hydrogens (tertiary/aromatic N) is 2. The molecule has 1 amide bonds. The summed E-state index contributed by atoms with van der Waals surface area (Å²) in [5.41, 5.74) is 1.92. The topological polar surface area (TPSA) is 35.6 Å². The van der Waals surface area contributed by atoms with Gasteiger partial charge in [0.1, 0.15) is 0 Å². The Bertz CT molecular complexity index is 715. The lowest BCUT2D eigenvalue weighted by Gasteiger charge is -2.37. The monoisotopic (exact) mass is 397 g/mol. The molecule has 0 spiro atoms. The molecule has 1 atom stereocenters. The summed E-state index contributed by atoms with van der Waals surface area (Å²) in [6, 6.07) is 7.02. The Morgan fingerprint density at radius 2 is 2.00 bits per heavy atom. The molecule has 1 aromatic carbocycles. The van der Waals surface area contributed by atoms with Crippen LogP contribution in [0.1, 0.15) is 12.5 Å². The number of rotatable bonds is 5. The zero-order valence-electron chi connectivity index (χ0n) is 14.0. The molecular weight excluding hydrogens is 377 g/mol. The van der Waals surface area contributed by atoms with Crippen molar-refractivity contribution in [3.05, 3.63) is 50.6 Å². The van der Waals surface area contributed by atoms with Gasteiger partial charge in [0.05, 0.1) is 16.8 Å². The van der Waals surface area contributed by atoms with E-state index >= 15 is 0 Å². The Morgan fingerprint density at radius 3 is 2.68 bits per heavy atom. The average molecular weight is 398 g/mol. The minimum absolute atomic E-state index is 0.0598. The van der Waals surface area contributed by atoms with Gasteiger partial charge in [0.2, 0.25) is 5.91 Å². The van der Waals surface area contributed by atoms with Crippen molar-refractivity contribution in [1.82, 2.24) is 9.80 Å². The van der Waals surface area contributed by atoms with E-state index in [0.717, 1.165) is 32.7 Å². The van der Waals surface area contributed by atoms with Crippen molar-refractivity contribution in [1.29, 1.82) is 0 Å². The fraction of sp³-hybridized carbons (Fsp3) is 0.389. The molecule has 2 heterocycles. The molecule has 3 rings (SSSR count). The quantitative estimate of drug-likeness (QED) is 0.820. The van der Waals surface area contributed by atoms with Crippen LogP contribution in [0.15, 0.2) is 35.0 Å². The number of nitrogens with one attached hydrogen (secondary N) is 1. The maximum Gasteiger partial charge on any atom is 0.241 e. The normalized spacial score (nSPS) is 17.4. The second-order valence-corrected chi connectivity index (χ2v) is 7.86. The highest BCUT2D eigenvalue weighted by Crippen LogP contribution is 2.25. The molecule has 0 aliphatic carbocycles. The van der Waals surface area contributed by atoms with Gasteiger partial charge in [-0.3, -0.25) is 14.6 Å². The van der Waals surface area contributed by atoms with Crippen LogP contribution in [0.5, 0.6) is 0 Å². The van der Waals surface area contributed by atoms with Crippen LogP contribution in [0.3, 0.4) is 0 Å². The minimum atomic E-state index is -0.210. The lowest BCUT2D eigenvalue weighted by atomic mass is 10.2. The van der Waals surface area contributed by atoms with Gasteiger partial charge in [0.25, 0.3) is 0 Å². The van der Waals surface area contributed by atoms with E-state index in [4.69, 9.17) is 23.2 Å². The zero-order chi connectivity index (χ0) is 17.8. The first-order valence-corrected chi connectivity index (χ1v) is 9.96. The van der Waals surface area contributed by atoms with Crippen molar-refractivity contribution in [2.75, 3.05) is 31.5 Å². The fourth-order valence-electron chi connectivity index (χ4n) is 2.95. The van der Waals surface area contributed by atoms with Gasteiger partial charge in [-0.15, -0.1) is 0 Å². The number of halogens is 2. The third-order valence-corrected chi connectivity index (χ3v) is 5.80. The highest BCUT2D eigenvalue weighted by atomic mass is 35.5. The largest absolute Gasteiger partial charge is 0.323 e. The Balaban J connectivity index is 1.52. The van der Waals surface area contributed by atoms with Crippen LogP contribution in [0, 0.1) is 0 Å². The molecule has 1 saturated heterocycles. The fourth-order valence-corrected chi connectivity index (χ4v) is 3.94. The maximum atomic E-state index is 12.5. The van der Waals surface area contributed by atoms with E-state index < -0.39 is 0 Å². The summed E-state index contributed by atoms with van der Waals surface area (Å²) >= 11 is 13.8. The first-order chi connectivity index (χ1) is 12.0. The number of benzene rings is 1. The van der Waals surface area contributed by atoms with Crippen molar-refractivity contribution in [3.8, 4) is 0 Å². The molecule has 1 fully saturated rings. The Morgan fingerprint density at radius 1 is 1.24 bits per heavy atom. The Labute approximate surface area is 162 Å². The number of carbonyl (C=O) groups is 1. The van der Waals surface area contributed by atoms with Gasteiger partial charge in [-0.1, -0.05) is 23.2 Å². The third kappa shape index (κ3) is 4.96. The number of anilines is 1. The van der Waals surface area contributed by atoms with Crippen LogP contribution >= 0.6 is 34.5 Å². The zero-order valence-corrected chi connectivity index (χ0v) is 16.4. The van der Waals surface area contributed by atoms with E-state index in [1.54, 1.807) is 29.5 Å². The summed E-state index contributed by atoms with van der Waals surface area (Å²) in [4.78, 5) is 17.2. The number of hydrogen-bond donors (Lipinski definition) is 1. The molecule has 0 bridgehead atoms. The number of hydrogen-bond acceptors (Lipinski definition) is 4. The summed E-state index contributed by atoms with van der Waals surface area (Å²) in [5.74, 6) is -0.0598. The SMILES string of the molecule is C[C@H](C(=O)Nc1cc(Cl)ccc1Cl)N1CCN(Cc2ccsc2)CC1. The van der Waals surface area contributed by atoms with Gasteiger partial charge in [-0.05, 0) is 47.5 Å². The first-order valence-electron chi connectivity index (χ1n) is 8.26. The van der Waals surface area contributed by atoms with E-state index in [0.29, 0.717) is 15.7 Å². The van der Waals surface area contributed by atoms with E-state index in [1.165, 1.54) is 5.56 Å². The number of amides is 1. The highest BCUT2D eigenvalue weighted by Gasteiger charge is 2.26. The Kier molecular flexibility index (Phi) is 6.36. The van der Waals surface area contributed by atoms with Crippen LogP contribution in [-0.2, 0) is 11.3 Å². The summed E-state index contributed by atoms with van der Waals surface area (Å²) in [7, 11) is 0. The van der Waals surface area contributed by atoms with Crippen molar-refractivity contribution in [2.45, 2.75) is 19.5 Å². The molecule has 4 nitrogen and oxygen atoms in total. The number of piperazine rings is 1. The minimum Gasteiger partial charge on any atom is -0.323 e. The first kappa shape index (κ1) is 18.7. The second kappa shape index (κ2) is 8.52. The standard InChI is InChI=1S/C18H21Cl2N3OS/c1-13(18(24)21-17-10-15(19)2-3-16(17)20)23-7-5-22(6-8-23)11-14-4-9-25-12-14/h2-4,9-10,12-13H,5-8,11H2,1H3,(H,21,24)/t13-/m1/s1. The number of carbonyl (C=O) groups excluding carboxylic acids is 1. The lowest BCUT2D eigenvalue weighted by molar-refractivity contribution is -0.121. The molecular formula is C18H21Cl2N3OS. The van der Waals surface area contributed by atoms with Crippen LogP contribution in [0.2, 0.25) is 10.0 Å². The molecule has 2 aromatic rings. The third-order valence-electron chi connectivity index (χ3n) is 4.51. The Hall–Kier alpha value is -1.11. The van der Waals surface area contributed by atoms with Gasteiger partial charge < -0.3 is 5.32 Å². The summed E-state index contributed by atoms with van der Waals surface area (Å²) < 4.78 is 0. The van der Waals surface area contributed by atoms with Gasteiger partial charge >= 0.3 is 0 Å². The molecule has 134 valence electrons. The molecule has 1 aliphatic heterocycles. The van der Waals surface area contributed by atoms with Crippen LogP contribution in [-0.4, -0.2) is 47.9 Å². The molecule has 0 unspecified atom stereocenters. The van der Waals surface area contributed by atoms with E-state index in [9.17, 15) is 4.79 Å². The average Bonchev–Trinajstić information content (AvgIpc) is 3.11. The number of thiophene rings is 1. The maximum absolute atomic E-state index is 12.5. The van der Waals surface area contributed by atoms with Crippen molar-refractivity contribution in [3.63, 3.8) is 0 Å². The molecule has 1 aromatic heterocycles. The second-order valence-electron chi connectivity index (χ2n) is 6.23. The van der Waals surface area contributed by atoms with E-state index in [-0.39, 0.29) is 11.9 Å². The van der Waals surface area contributed by atoms with Crippen LogP contribution < -0.4 is 5.32 Å². The smallest absolute Gasteiger partial charge is 0.241 e.